The fourth-order valence-corrected chi connectivity index (χ4v) is 1.49. The van der Waals surface area contributed by atoms with Gasteiger partial charge in [0.2, 0.25) is 0 Å². The summed E-state index contributed by atoms with van der Waals surface area (Å²) in [5, 5.41) is 16.3. The molecule has 2 rings (SSSR count). The normalized spacial score (nSPS) is 13.1. The lowest BCUT2D eigenvalue weighted by Gasteiger charge is -2.06. The van der Waals surface area contributed by atoms with E-state index in [4.69, 9.17) is 0 Å². The van der Waals surface area contributed by atoms with Gasteiger partial charge in [0.25, 0.3) is 0 Å². The molecule has 1 aromatic heterocycles. The third-order valence-corrected chi connectivity index (χ3v) is 2.27. The van der Waals surface area contributed by atoms with E-state index in [2.05, 4.69) is 15.0 Å². The maximum atomic E-state index is 10.3. The predicted molar refractivity (Wildman–Crippen MR) is 50.5 cm³/mol. The van der Waals surface area contributed by atoms with Gasteiger partial charge in [0.05, 0.1) is 0 Å². The summed E-state index contributed by atoms with van der Waals surface area (Å²) in [7, 11) is 0. The van der Waals surface area contributed by atoms with Crippen LogP contribution in [0.4, 0.5) is 0 Å². The Morgan fingerprint density at radius 2 is 2.40 bits per heavy atom. The molecule has 0 saturated carbocycles. The molecule has 0 aliphatic rings. The Labute approximate surface area is 87.1 Å². The molecule has 2 aromatic rings. The molecular weight excluding hydrogens is 220 g/mol. The number of nitrogens with zero attached hydrogens (tertiary/aromatic N) is 3. The Kier molecular flexibility index (Phi) is 2.62. The maximum absolute atomic E-state index is 10.3. The second kappa shape index (κ2) is 3.93. The van der Waals surface area contributed by atoms with Crippen LogP contribution in [0.15, 0.2) is 18.2 Å². The second-order valence-electron chi connectivity index (χ2n) is 2.86. The number of aromatic nitrogens is 3. The van der Waals surface area contributed by atoms with Gasteiger partial charge < -0.3 is 9.76 Å². The van der Waals surface area contributed by atoms with Gasteiger partial charge in [-0.15, -0.1) is 5.10 Å². The molecule has 1 unspecified atom stereocenters. The van der Waals surface area contributed by atoms with Crippen LogP contribution in [-0.4, -0.2) is 29.1 Å². The van der Waals surface area contributed by atoms with Crippen molar-refractivity contribution in [2.24, 2.45) is 0 Å². The summed E-state index contributed by atoms with van der Waals surface area (Å²) < 4.78 is 22.7. The summed E-state index contributed by atoms with van der Waals surface area (Å²) in [5.74, 6) is 0. The van der Waals surface area contributed by atoms with Gasteiger partial charge >= 0.3 is 0 Å². The average molecular weight is 227 g/mol. The highest BCUT2D eigenvalue weighted by molar-refractivity contribution is 7.77. The topological polar surface area (TPSA) is 103 Å². The minimum atomic E-state index is -2.30. The van der Waals surface area contributed by atoms with Gasteiger partial charge in [0, 0.05) is 17.8 Å². The van der Waals surface area contributed by atoms with Gasteiger partial charge in [-0.25, -0.2) is 4.72 Å². The van der Waals surface area contributed by atoms with Crippen molar-refractivity contribution in [1.82, 2.24) is 19.9 Å². The third kappa shape index (κ3) is 2.12. The Morgan fingerprint density at radius 1 is 1.60 bits per heavy atom. The van der Waals surface area contributed by atoms with Gasteiger partial charge in [-0.1, -0.05) is 10.9 Å². The van der Waals surface area contributed by atoms with Crippen molar-refractivity contribution in [2.75, 3.05) is 0 Å². The smallest absolute Gasteiger partial charge is 0.131 e. The lowest BCUT2D eigenvalue weighted by atomic mass is 10.2. The van der Waals surface area contributed by atoms with E-state index in [1.54, 1.807) is 18.2 Å². The lowest BCUT2D eigenvalue weighted by Crippen LogP contribution is -2.15. The fourth-order valence-electron chi connectivity index (χ4n) is 1.20. The molecule has 0 aliphatic heterocycles. The fraction of sp³-hybridized carbons (Fsp3) is 0.143. The Bertz CT molecular complexity index is 512. The standard InChI is InChI=1S/C7H8N4O3S/c12-11-7-3-5(4-8-15(13)14)1-2-6(7)9-10-11/h1-3,8,12H,4H2,(H,13,14)/p-1. The molecule has 0 amide bonds. The maximum Gasteiger partial charge on any atom is 0.131 e. The summed E-state index contributed by atoms with van der Waals surface area (Å²) in [6, 6.07) is 4.96. The minimum absolute atomic E-state index is 0.164. The van der Waals surface area contributed by atoms with Crippen molar-refractivity contribution >= 4 is 22.3 Å². The number of fused-ring (bicyclic) bond motifs is 1. The SMILES string of the molecule is O=S([O-])NCc1ccc2nnn(O)c2c1. The molecule has 8 heteroatoms. The summed E-state index contributed by atoms with van der Waals surface area (Å²) in [4.78, 5) is 0.646. The Hall–Kier alpha value is -1.51. The van der Waals surface area contributed by atoms with Crippen LogP contribution >= 0.6 is 0 Å². The summed E-state index contributed by atoms with van der Waals surface area (Å²) in [5.41, 5.74) is 1.69. The molecule has 0 aliphatic carbocycles. The predicted octanol–water partition coefficient (Wildman–Crippen LogP) is -0.448. The van der Waals surface area contributed by atoms with Crippen LogP contribution in [0.1, 0.15) is 5.56 Å². The van der Waals surface area contributed by atoms with Crippen molar-refractivity contribution in [2.45, 2.75) is 6.54 Å². The lowest BCUT2D eigenvalue weighted by molar-refractivity contribution is 0.154. The summed E-state index contributed by atoms with van der Waals surface area (Å²) in [6.45, 7) is 0.164. The number of benzene rings is 1. The number of hydrogen-bond donors (Lipinski definition) is 2. The van der Waals surface area contributed by atoms with E-state index >= 15 is 0 Å². The van der Waals surface area contributed by atoms with Gasteiger partial charge in [-0.2, -0.15) is 0 Å². The first-order valence-electron chi connectivity index (χ1n) is 4.03. The molecule has 0 bridgehead atoms. The van der Waals surface area contributed by atoms with E-state index in [-0.39, 0.29) is 6.54 Å². The first kappa shape index (κ1) is 10.0. The molecule has 1 heterocycles. The zero-order valence-electron chi connectivity index (χ0n) is 7.45. The molecule has 0 radical (unpaired) electrons. The Balaban J connectivity index is 2.29. The van der Waals surface area contributed by atoms with Crippen LogP contribution in [0, 0.1) is 0 Å². The van der Waals surface area contributed by atoms with Crippen molar-refractivity contribution in [3.05, 3.63) is 23.8 Å². The average Bonchev–Trinajstić information content (AvgIpc) is 2.57. The highest BCUT2D eigenvalue weighted by Gasteiger charge is 2.03. The van der Waals surface area contributed by atoms with Gasteiger partial charge in [-0.05, 0) is 22.9 Å². The molecule has 0 saturated heterocycles. The van der Waals surface area contributed by atoms with E-state index in [0.29, 0.717) is 21.4 Å². The first-order chi connectivity index (χ1) is 7.16. The van der Waals surface area contributed by atoms with E-state index in [1.165, 1.54) is 0 Å². The number of hydrogen-bond acceptors (Lipinski definition) is 5. The largest absolute Gasteiger partial charge is 0.760 e. The zero-order valence-corrected chi connectivity index (χ0v) is 8.27. The first-order valence-corrected chi connectivity index (χ1v) is 5.10. The van der Waals surface area contributed by atoms with Crippen molar-refractivity contribution in [3.8, 4) is 0 Å². The minimum Gasteiger partial charge on any atom is -0.760 e. The van der Waals surface area contributed by atoms with E-state index in [1.807, 2.05) is 0 Å². The second-order valence-corrected chi connectivity index (χ2v) is 3.62. The van der Waals surface area contributed by atoms with Crippen LogP contribution < -0.4 is 4.72 Å². The third-order valence-electron chi connectivity index (χ3n) is 1.89. The summed E-state index contributed by atoms with van der Waals surface area (Å²) in [6.07, 6.45) is 0. The van der Waals surface area contributed by atoms with Crippen molar-refractivity contribution in [3.63, 3.8) is 0 Å². The molecule has 0 spiro atoms. The highest BCUT2D eigenvalue weighted by Crippen LogP contribution is 2.12. The Morgan fingerprint density at radius 3 is 3.13 bits per heavy atom. The number of rotatable bonds is 3. The highest BCUT2D eigenvalue weighted by atomic mass is 32.2. The summed E-state index contributed by atoms with van der Waals surface area (Å²) >= 11 is -2.30. The zero-order chi connectivity index (χ0) is 10.8. The molecule has 7 nitrogen and oxygen atoms in total. The molecule has 1 atom stereocenters. The van der Waals surface area contributed by atoms with E-state index < -0.39 is 11.3 Å². The molecule has 2 N–H and O–H groups in total. The van der Waals surface area contributed by atoms with E-state index in [9.17, 15) is 14.0 Å². The van der Waals surface area contributed by atoms with Gasteiger partial charge in [-0.3, -0.25) is 4.21 Å². The molecule has 0 fully saturated rings. The molecule has 80 valence electrons. The van der Waals surface area contributed by atoms with Crippen molar-refractivity contribution < 1.29 is 14.0 Å². The van der Waals surface area contributed by atoms with Crippen LogP contribution in [0.2, 0.25) is 0 Å². The molecule has 1 aromatic carbocycles. The molecule has 15 heavy (non-hydrogen) atoms. The van der Waals surface area contributed by atoms with Crippen LogP contribution in [0.25, 0.3) is 11.0 Å². The van der Waals surface area contributed by atoms with Crippen molar-refractivity contribution in [1.29, 1.82) is 0 Å². The van der Waals surface area contributed by atoms with Gasteiger partial charge in [0.15, 0.2) is 0 Å². The van der Waals surface area contributed by atoms with E-state index in [0.717, 1.165) is 0 Å². The van der Waals surface area contributed by atoms with Gasteiger partial charge in [0.1, 0.15) is 11.0 Å². The van der Waals surface area contributed by atoms with Crippen LogP contribution in [-0.2, 0) is 17.8 Å². The van der Waals surface area contributed by atoms with Crippen LogP contribution in [0.3, 0.4) is 0 Å². The van der Waals surface area contributed by atoms with Crippen LogP contribution in [0.5, 0.6) is 0 Å². The monoisotopic (exact) mass is 227 g/mol. The molecular formula is C7H7N4O3S-. The quantitative estimate of drug-likeness (QED) is 0.546. The number of nitrogens with one attached hydrogen (secondary N) is 1.